The molecule has 2 aliphatic heterocycles. The lowest BCUT2D eigenvalue weighted by atomic mass is 9.84. The van der Waals surface area contributed by atoms with E-state index in [1.165, 1.54) is 16.7 Å². The monoisotopic (exact) mass is 283 g/mol. The Kier molecular flexibility index (Phi) is 2.90. The van der Waals surface area contributed by atoms with Gasteiger partial charge in [0, 0.05) is 18.4 Å². The van der Waals surface area contributed by atoms with Gasteiger partial charge in [-0.1, -0.05) is 18.2 Å². The van der Waals surface area contributed by atoms with Gasteiger partial charge < -0.3 is 10.1 Å². The van der Waals surface area contributed by atoms with Crippen LogP contribution < -0.4 is 10.1 Å². The topological polar surface area (TPSA) is 21.3 Å². The molecule has 102 valence electrons. The number of piperidine rings is 1. The highest BCUT2D eigenvalue weighted by atomic mass is 32.1. The first-order chi connectivity index (χ1) is 9.86. The minimum Gasteiger partial charge on any atom is -0.482 e. The standard InChI is InChI=1S/C17H17NOS/c1-2-4-16-14(3-1)15(13-5-10-20-12-13)11-17(19-16)6-8-18-9-7-17/h1-5,10-12,18H,6-9H2. The van der Waals surface area contributed by atoms with Crippen LogP contribution in [-0.2, 0) is 0 Å². The molecule has 0 saturated carbocycles. The van der Waals surface area contributed by atoms with Gasteiger partial charge in [-0.15, -0.1) is 0 Å². The number of thiophene rings is 1. The average molecular weight is 283 g/mol. The number of nitrogens with one attached hydrogen (secondary N) is 1. The molecule has 4 rings (SSSR count). The summed E-state index contributed by atoms with van der Waals surface area (Å²) in [7, 11) is 0. The van der Waals surface area contributed by atoms with Crippen LogP contribution in [0.15, 0.2) is 47.2 Å². The van der Waals surface area contributed by atoms with Crippen LogP contribution in [-0.4, -0.2) is 18.7 Å². The molecule has 1 aromatic heterocycles. The van der Waals surface area contributed by atoms with E-state index in [9.17, 15) is 0 Å². The fourth-order valence-electron chi connectivity index (χ4n) is 3.12. The van der Waals surface area contributed by atoms with E-state index in [1.807, 2.05) is 0 Å². The molecule has 20 heavy (non-hydrogen) atoms. The van der Waals surface area contributed by atoms with Crippen molar-refractivity contribution in [1.82, 2.24) is 5.32 Å². The number of rotatable bonds is 1. The summed E-state index contributed by atoms with van der Waals surface area (Å²) in [6.07, 6.45) is 4.43. The first-order valence-electron chi connectivity index (χ1n) is 7.11. The minimum atomic E-state index is -0.128. The second-order valence-corrected chi connectivity index (χ2v) is 6.26. The van der Waals surface area contributed by atoms with Crippen LogP contribution in [0.1, 0.15) is 24.0 Å². The molecule has 3 heterocycles. The average Bonchev–Trinajstić information content (AvgIpc) is 3.01. The summed E-state index contributed by atoms with van der Waals surface area (Å²) in [4.78, 5) is 0. The molecule has 1 saturated heterocycles. The van der Waals surface area contributed by atoms with Crippen LogP contribution >= 0.6 is 11.3 Å². The van der Waals surface area contributed by atoms with Gasteiger partial charge in [0.05, 0.1) is 0 Å². The van der Waals surface area contributed by atoms with E-state index in [4.69, 9.17) is 4.74 Å². The molecule has 1 spiro atoms. The van der Waals surface area contributed by atoms with Gasteiger partial charge in [0.1, 0.15) is 11.4 Å². The molecule has 0 unspecified atom stereocenters. The van der Waals surface area contributed by atoms with Crippen LogP contribution in [0.3, 0.4) is 0 Å². The lowest BCUT2D eigenvalue weighted by molar-refractivity contribution is 0.0817. The van der Waals surface area contributed by atoms with E-state index in [-0.39, 0.29) is 5.60 Å². The van der Waals surface area contributed by atoms with Crippen LogP contribution in [0, 0.1) is 0 Å². The predicted octanol–water partition coefficient (Wildman–Crippen LogP) is 3.69. The van der Waals surface area contributed by atoms with Crippen molar-refractivity contribution < 1.29 is 4.74 Å². The maximum atomic E-state index is 6.38. The molecule has 0 radical (unpaired) electrons. The van der Waals surface area contributed by atoms with Crippen molar-refractivity contribution in [3.63, 3.8) is 0 Å². The van der Waals surface area contributed by atoms with Crippen LogP contribution in [0.4, 0.5) is 0 Å². The molecule has 2 aromatic rings. The summed E-state index contributed by atoms with van der Waals surface area (Å²) in [6, 6.07) is 10.6. The number of benzene rings is 1. The van der Waals surface area contributed by atoms with Crippen molar-refractivity contribution in [2.75, 3.05) is 13.1 Å². The van der Waals surface area contributed by atoms with E-state index in [0.717, 1.165) is 31.7 Å². The van der Waals surface area contributed by atoms with Crippen LogP contribution in [0.25, 0.3) is 5.57 Å². The third kappa shape index (κ3) is 1.98. The van der Waals surface area contributed by atoms with E-state index in [0.29, 0.717) is 0 Å². The summed E-state index contributed by atoms with van der Waals surface area (Å²) in [5.41, 5.74) is 3.73. The van der Waals surface area contributed by atoms with Gasteiger partial charge in [0.2, 0.25) is 0 Å². The Morgan fingerprint density at radius 1 is 1.10 bits per heavy atom. The molecule has 2 aliphatic rings. The largest absolute Gasteiger partial charge is 0.482 e. The number of hydrogen-bond donors (Lipinski definition) is 1. The van der Waals surface area contributed by atoms with E-state index in [1.54, 1.807) is 11.3 Å². The third-order valence-electron chi connectivity index (χ3n) is 4.18. The lowest BCUT2D eigenvalue weighted by Gasteiger charge is -2.39. The third-order valence-corrected chi connectivity index (χ3v) is 4.86. The van der Waals surface area contributed by atoms with Crippen molar-refractivity contribution >= 4 is 16.9 Å². The van der Waals surface area contributed by atoms with E-state index in [2.05, 4.69) is 52.5 Å². The van der Waals surface area contributed by atoms with E-state index < -0.39 is 0 Å². The zero-order valence-corrected chi connectivity index (χ0v) is 12.1. The number of para-hydroxylation sites is 1. The Balaban J connectivity index is 1.86. The highest BCUT2D eigenvalue weighted by Crippen LogP contribution is 2.42. The van der Waals surface area contributed by atoms with E-state index >= 15 is 0 Å². The Labute approximate surface area is 123 Å². The van der Waals surface area contributed by atoms with Gasteiger partial charge in [-0.05, 0) is 53.2 Å². The molecular weight excluding hydrogens is 266 g/mol. The SMILES string of the molecule is C1=C(c2ccsc2)c2ccccc2OC12CCNCC2. The van der Waals surface area contributed by atoms with Gasteiger partial charge in [-0.3, -0.25) is 0 Å². The summed E-state index contributed by atoms with van der Waals surface area (Å²) < 4.78 is 6.38. The maximum absolute atomic E-state index is 6.38. The Hall–Kier alpha value is -1.58. The number of ether oxygens (including phenoxy) is 1. The molecule has 0 bridgehead atoms. The summed E-state index contributed by atoms with van der Waals surface area (Å²) in [6.45, 7) is 2.05. The lowest BCUT2D eigenvalue weighted by Crippen LogP contribution is -2.46. The number of hydrogen-bond acceptors (Lipinski definition) is 3. The fraction of sp³-hybridized carbons (Fsp3) is 0.294. The highest BCUT2D eigenvalue weighted by Gasteiger charge is 2.36. The second kappa shape index (κ2) is 4.76. The summed E-state index contributed by atoms with van der Waals surface area (Å²) in [5.74, 6) is 1.03. The summed E-state index contributed by atoms with van der Waals surface area (Å²) in [5, 5.41) is 7.79. The zero-order chi connectivity index (χ0) is 13.4. The Bertz CT molecular complexity index is 639. The molecule has 0 aliphatic carbocycles. The molecule has 3 heteroatoms. The van der Waals surface area contributed by atoms with Crippen LogP contribution in [0.2, 0.25) is 0 Å². The molecule has 0 amide bonds. The van der Waals surface area contributed by atoms with Crippen LogP contribution in [0.5, 0.6) is 5.75 Å². The predicted molar refractivity (Wildman–Crippen MR) is 83.3 cm³/mol. The highest BCUT2D eigenvalue weighted by molar-refractivity contribution is 7.08. The molecule has 1 N–H and O–H groups in total. The van der Waals surface area contributed by atoms with Gasteiger partial charge >= 0.3 is 0 Å². The van der Waals surface area contributed by atoms with Crippen molar-refractivity contribution in [2.45, 2.75) is 18.4 Å². The Morgan fingerprint density at radius 3 is 2.75 bits per heavy atom. The van der Waals surface area contributed by atoms with Gasteiger partial charge in [0.15, 0.2) is 0 Å². The van der Waals surface area contributed by atoms with Gasteiger partial charge in [-0.2, -0.15) is 11.3 Å². The summed E-state index contributed by atoms with van der Waals surface area (Å²) >= 11 is 1.75. The van der Waals surface area contributed by atoms with Crippen molar-refractivity contribution in [3.05, 3.63) is 58.3 Å². The zero-order valence-electron chi connectivity index (χ0n) is 11.3. The minimum absolute atomic E-state index is 0.128. The molecule has 0 atom stereocenters. The Morgan fingerprint density at radius 2 is 1.95 bits per heavy atom. The van der Waals surface area contributed by atoms with Gasteiger partial charge in [0.25, 0.3) is 0 Å². The molecule has 1 aromatic carbocycles. The second-order valence-electron chi connectivity index (χ2n) is 5.48. The smallest absolute Gasteiger partial charge is 0.130 e. The molecular formula is C17H17NOS. The van der Waals surface area contributed by atoms with Crippen molar-refractivity contribution in [1.29, 1.82) is 0 Å². The van der Waals surface area contributed by atoms with Gasteiger partial charge in [-0.25, -0.2) is 0 Å². The fourth-order valence-corrected chi connectivity index (χ4v) is 3.78. The number of fused-ring (bicyclic) bond motifs is 1. The first-order valence-corrected chi connectivity index (χ1v) is 8.05. The van der Waals surface area contributed by atoms with Crippen molar-refractivity contribution in [3.8, 4) is 5.75 Å². The molecule has 1 fully saturated rings. The quantitative estimate of drug-likeness (QED) is 0.861. The maximum Gasteiger partial charge on any atom is 0.130 e. The molecule has 2 nitrogen and oxygen atoms in total. The normalized spacial score (nSPS) is 20.1. The van der Waals surface area contributed by atoms with Crippen molar-refractivity contribution in [2.24, 2.45) is 0 Å². The first kappa shape index (κ1) is 12.2.